The summed E-state index contributed by atoms with van der Waals surface area (Å²) in [6.07, 6.45) is 3.66. The molecule has 1 aromatic heterocycles. The quantitative estimate of drug-likeness (QED) is 0.256. The van der Waals surface area contributed by atoms with Gasteiger partial charge in [-0.1, -0.05) is 44.2 Å². The lowest BCUT2D eigenvalue weighted by Crippen LogP contribution is -2.41. The van der Waals surface area contributed by atoms with Gasteiger partial charge in [0.1, 0.15) is 5.76 Å². The molecule has 1 saturated heterocycles. The van der Waals surface area contributed by atoms with Crippen molar-refractivity contribution in [2.24, 2.45) is 10.9 Å². The van der Waals surface area contributed by atoms with Crippen molar-refractivity contribution in [2.75, 3.05) is 45.9 Å². The van der Waals surface area contributed by atoms with E-state index in [2.05, 4.69) is 59.7 Å². The molecule has 1 aliphatic heterocycles. The van der Waals surface area contributed by atoms with Crippen LogP contribution in [-0.4, -0.2) is 56.8 Å². The minimum atomic E-state index is 0. The second-order valence-electron chi connectivity index (χ2n) is 7.70. The number of rotatable bonds is 11. The van der Waals surface area contributed by atoms with Gasteiger partial charge in [-0.25, -0.2) is 0 Å². The van der Waals surface area contributed by atoms with Crippen molar-refractivity contribution in [2.45, 2.75) is 32.7 Å². The van der Waals surface area contributed by atoms with Crippen molar-refractivity contribution in [3.8, 4) is 0 Å². The largest absolute Gasteiger partial charge is 0.469 e. The molecule has 7 heteroatoms. The molecule has 0 saturated carbocycles. The molecule has 0 amide bonds. The number of benzene rings is 1. The van der Waals surface area contributed by atoms with Crippen molar-refractivity contribution < 1.29 is 9.15 Å². The first kappa shape index (κ1) is 25.7. The van der Waals surface area contributed by atoms with Gasteiger partial charge in [0, 0.05) is 32.0 Å². The van der Waals surface area contributed by atoms with E-state index in [1.54, 1.807) is 6.26 Å². The number of hydrogen-bond acceptors (Lipinski definition) is 4. The number of nitrogens with one attached hydrogen (secondary N) is 2. The smallest absolute Gasteiger partial charge is 0.191 e. The van der Waals surface area contributed by atoms with Crippen LogP contribution in [0.5, 0.6) is 0 Å². The first-order valence-corrected chi connectivity index (χ1v) is 11.2. The molecule has 2 N–H and O–H groups in total. The summed E-state index contributed by atoms with van der Waals surface area (Å²) < 4.78 is 11.0. The molecule has 0 radical (unpaired) electrons. The van der Waals surface area contributed by atoms with Crippen LogP contribution >= 0.6 is 24.0 Å². The lowest BCUT2D eigenvalue weighted by atomic mass is 10.1. The Kier molecular flexibility index (Phi) is 12.0. The van der Waals surface area contributed by atoms with Gasteiger partial charge < -0.3 is 19.8 Å². The van der Waals surface area contributed by atoms with E-state index in [4.69, 9.17) is 14.1 Å². The van der Waals surface area contributed by atoms with Gasteiger partial charge in [0.05, 0.1) is 25.5 Å². The first-order chi connectivity index (χ1) is 14.8. The van der Waals surface area contributed by atoms with Crippen LogP contribution < -0.4 is 10.6 Å². The number of guanidine groups is 1. The van der Waals surface area contributed by atoms with E-state index in [9.17, 15) is 0 Å². The number of furan rings is 1. The van der Waals surface area contributed by atoms with Crippen LogP contribution in [0.1, 0.15) is 37.6 Å². The Bertz CT molecular complexity index is 729. The Balaban J connectivity index is 0.00000341. The van der Waals surface area contributed by atoms with Crippen molar-refractivity contribution in [1.82, 2.24) is 15.5 Å². The summed E-state index contributed by atoms with van der Waals surface area (Å²) in [6, 6.07) is 14.9. The molecule has 2 heterocycles. The minimum Gasteiger partial charge on any atom is -0.469 e. The Morgan fingerprint density at radius 3 is 2.58 bits per heavy atom. The molecule has 0 aliphatic carbocycles. The molecule has 2 atom stereocenters. The number of ether oxygens (including phenoxy) is 1. The first-order valence-electron chi connectivity index (χ1n) is 11.2. The van der Waals surface area contributed by atoms with Gasteiger partial charge in [-0.15, -0.1) is 24.0 Å². The Labute approximate surface area is 203 Å². The molecule has 172 valence electrons. The highest BCUT2D eigenvalue weighted by atomic mass is 127. The molecule has 2 aromatic rings. The maximum Gasteiger partial charge on any atom is 0.191 e. The standard InChI is InChI=1S/C24H36N4O2.HI/c1-3-28(4-2)23(21-9-6-5-7-10-21)18-27-24(26-17-20-13-16-29-19-20)25-14-12-22-11-8-15-30-22;/h5-11,15,20,23H,3-4,12-14,16-19H2,1-2H3,(H2,25,26,27);1H. The maximum absolute atomic E-state index is 5.52. The van der Waals surface area contributed by atoms with Gasteiger partial charge in [-0.3, -0.25) is 9.89 Å². The maximum atomic E-state index is 5.52. The molecular weight excluding hydrogens is 503 g/mol. The summed E-state index contributed by atoms with van der Waals surface area (Å²) >= 11 is 0. The number of halogens is 1. The Hall–Kier alpha value is -1.58. The minimum absolute atomic E-state index is 0. The van der Waals surface area contributed by atoms with Crippen LogP contribution in [0.2, 0.25) is 0 Å². The van der Waals surface area contributed by atoms with Crippen LogP contribution in [0, 0.1) is 5.92 Å². The monoisotopic (exact) mass is 540 g/mol. The Morgan fingerprint density at radius 1 is 1.13 bits per heavy atom. The fourth-order valence-electron chi connectivity index (χ4n) is 3.87. The molecule has 1 fully saturated rings. The van der Waals surface area contributed by atoms with Crippen molar-refractivity contribution in [1.29, 1.82) is 0 Å². The highest BCUT2D eigenvalue weighted by Gasteiger charge is 2.19. The van der Waals surface area contributed by atoms with E-state index < -0.39 is 0 Å². The van der Waals surface area contributed by atoms with Gasteiger partial charge in [-0.05, 0) is 37.2 Å². The predicted molar refractivity (Wildman–Crippen MR) is 137 cm³/mol. The second kappa shape index (κ2) is 14.5. The lowest BCUT2D eigenvalue weighted by molar-refractivity contribution is 0.186. The molecule has 31 heavy (non-hydrogen) atoms. The summed E-state index contributed by atoms with van der Waals surface area (Å²) in [4.78, 5) is 7.44. The summed E-state index contributed by atoms with van der Waals surface area (Å²) in [5.41, 5.74) is 1.31. The average Bonchev–Trinajstić information content (AvgIpc) is 3.49. The number of nitrogens with zero attached hydrogens (tertiary/aromatic N) is 2. The van der Waals surface area contributed by atoms with Gasteiger partial charge in [0.2, 0.25) is 0 Å². The van der Waals surface area contributed by atoms with E-state index in [0.717, 1.165) is 64.0 Å². The van der Waals surface area contributed by atoms with Crippen molar-refractivity contribution >= 4 is 29.9 Å². The Morgan fingerprint density at radius 2 is 1.94 bits per heavy atom. The third-order valence-electron chi connectivity index (χ3n) is 5.69. The van der Waals surface area contributed by atoms with Gasteiger partial charge in [0.15, 0.2) is 5.96 Å². The van der Waals surface area contributed by atoms with Gasteiger partial charge >= 0.3 is 0 Å². The SMILES string of the molecule is CCN(CC)C(CN=C(NCCc1ccco1)NCC1CCOC1)c1ccccc1.I. The number of hydrogen-bond donors (Lipinski definition) is 2. The zero-order chi connectivity index (χ0) is 21.0. The van der Waals surface area contributed by atoms with Crippen LogP contribution in [0.25, 0.3) is 0 Å². The normalized spacial score (nSPS) is 17.4. The van der Waals surface area contributed by atoms with Gasteiger partial charge in [0.25, 0.3) is 0 Å². The second-order valence-corrected chi connectivity index (χ2v) is 7.70. The molecule has 0 spiro atoms. The van der Waals surface area contributed by atoms with E-state index >= 15 is 0 Å². The van der Waals surface area contributed by atoms with E-state index in [1.165, 1.54) is 5.56 Å². The van der Waals surface area contributed by atoms with Crippen molar-refractivity contribution in [3.63, 3.8) is 0 Å². The summed E-state index contributed by atoms with van der Waals surface area (Å²) in [5, 5.41) is 7.02. The topological polar surface area (TPSA) is 62.0 Å². The fraction of sp³-hybridized carbons (Fsp3) is 0.542. The summed E-state index contributed by atoms with van der Waals surface area (Å²) in [5.74, 6) is 2.40. The lowest BCUT2D eigenvalue weighted by Gasteiger charge is -2.29. The van der Waals surface area contributed by atoms with Crippen LogP contribution in [0.4, 0.5) is 0 Å². The molecule has 1 aromatic carbocycles. The van der Waals surface area contributed by atoms with E-state index in [0.29, 0.717) is 12.5 Å². The van der Waals surface area contributed by atoms with E-state index in [-0.39, 0.29) is 30.0 Å². The van der Waals surface area contributed by atoms with Crippen LogP contribution in [0.15, 0.2) is 58.1 Å². The fourth-order valence-corrected chi connectivity index (χ4v) is 3.87. The summed E-state index contributed by atoms with van der Waals surface area (Å²) in [7, 11) is 0. The molecule has 3 rings (SSSR count). The number of aliphatic imine (C=N–C) groups is 1. The predicted octanol–water partition coefficient (Wildman–Crippen LogP) is 4.09. The molecule has 0 bridgehead atoms. The molecule has 6 nitrogen and oxygen atoms in total. The third-order valence-corrected chi connectivity index (χ3v) is 5.69. The van der Waals surface area contributed by atoms with E-state index in [1.807, 2.05) is 12.1 Å². The number of likely N-dealkylation sites (N-methyl/N-ethyl adjacent to an activating group) is 1. The molecule has 1 aliphatic rings. The van der Waals surface area contributed by atoms with Crippen LogP contribution in [0.3, 0.4) is 0 Å². The average molecular weight is 540 g/mol. The highest BCUT2D eigenvalue weighted by Crippen LogP contribution is 2.20. The zero-order valence-electron chi connectivity index (χ0n) is 18.8. The molecule has 2 unspecified atom stereocenters. The summed E-state index contributed by atoms with van der Waals surface area (Å²) in [6.45, 7) is 10.5. The zero-order valence-corrected chi connectivity index (χ0v) is 21.1. The highest BCUT2D eigenvalue weighted by molar-refractivity contribution is 14.0. The van der Waals surface area contributed by atoms with Crippen LogP contribution in [-0.2, 0) is 11.2 Å². The molecular formula is C24H37IN4O2. The third kappa shape index (κ3) is 8.46. The van der Waals surface area contributed by atoms with Gasteiger partial charge in [-0.2, -0.15) is 0 Å². The van der Waals surface area contributed by atoms with Crippen molar-refractivity contribution in [3.05, 3.63) is 60.1 Å².